The third kappa shape index (κ3) is 2.06. The smallest absolute Gasteiger partial charge is 0.0997 e. The molecule has 0 radical (unpaired) electrons. The Bertz CT molecular complexity index is 423. The summed E-state index contributed by atoms with van der Waals surface area (Å²) in [5.74, 6) is 1.20. The van der Waals surface area contributed by atoms with E-state index >= 15 is 0 Å². The first-order valence-electron chi connectivity index (χ1n) is 6.26. The van der Waals surface area contributed by atoms with Crippen molar-refractivity contribution in [3.8, 4) is 6.07 Å². The van der Waals surface area contributed by atoms with Crippen LogP contribution in [0.15, 0.2) is 30.3 Å². The molecule has 17 heavy (non-hydrogen) atoms. The molecule has 3 unspecified atom stereocenters. The van der Waals surface area contributed by atoms with E-state index in [1.807, 2.05) is 0 Å². The average molecular weight is 227 g/mol. The summed E-state index contributed by atoms with van der Waals surface area (Å²) in [4.78, 5) is 2.48. The van der Waals surface area contributed by atoms with Gasteiger partial charge in [-0.05, 0) is 11.5 Å². The van der Waals surface area contributed by atoms with Gasteiger partial charge >= 0.3 is 0 Å². The molecule has 2 fully saturated rings. The maximum atomic E-state index is 9.06. The number of benzene rings is 1. The first-order chi connectivity index (χ1) is 8.36. The van der Waals surface area contributed by atoms with Crippen molar-refractivity contribution in [1.82, 2.24) is 10.2 Å². The zero-order valence-electron chi connectivity index (χ0n) is 9.84. The second-order valence-electron chi connectivity index (χ2n) is 5.12. The van der Waals surface area contributed by atoms with Crippen LogP contribution in [0.5, 0.6) is 0 Å². The van der Waals surface area contributed by atoms with Gasteiger partial charge in [-0.2, -0.15) is 5.26 Å². The number of hydrogen-bond acceptors (Lipinski definition) is 3. The number of nitrogens with one attached hydrogen (secondary N) is 1. The fourth-order valence-corrected chi connectivity index (χ4v) is 3.12. The Balaban J connectivity index is 1.64. The standard InChI is InChI=1S/C14H17N3/c15-6-14-13-10-17(9-12(13)7-16-14)8-11-4-2-1-3-5-11/h1-5,12-14,16H,7-10H2. The highest BCUT2D eigenvalue weighted by Crippen LogP contribution is 2.31. The molecule has 2 aliphatic rings. The summed E-state index contributed by atoms with van der Waals surface area (Å²) in [6, 6.07) is 13.0. The van der Waals surface area contributed by atoms with E-state index in [9.17, 15) is 0 Å². The minimum absolute atomic E-state index is 0.0702. The molecule has 2 heterocycles. The SMILES string of the molecule is N#CC1NCC2CN(Cc3ccccc3)CC21. The second kappa shape index (κ2) is 4.48. The van der Waals surface area contributed by atoms with Crippen molar-refractivity contribution in [3.63, 3.8) is 0 Å². The van der Waals surface area contributed by atoms with Crippen LogP contribution in [-0.4, -0.2) is 30.6 Å². The molecule has 0 amide bonds. The number of fused-ring (bicyclic) bond motifs is 1. The van der Waals surface area contributed by atoms with Crippen molar-refractivity contribution in [1.29, 1.82) is 5.26 Å². The molecule has 0 saturated carbocycles. The van der Waals surface area contributed by atoms with Gasteiger partial charge in [-0.15, -0.1) is 0 Å². The van der Waals surface area contributed by atoms with Gasteiger partial charge in [-0.3, -0.25) is 4.90 Å². The van der Waals surface area contributed by atoms with Crippen LogP contribution in [0.3, 0.4) is 0 Å². The predicted molar refractivity (Wildman–Crippen MR) is 66.1 cm³/mol. The minimum atomic E-state index is 0.0702. The van der Waals surface area contributed by atoms with Crippen molar-refractivity contribution in [2.75, 3.05) is 19.6 Å². The van der Waals surface area contributed by atoms with Gasteiger partial charge in [0.2, 0.25) is 0 Å². The Morgan fingerprint density at radius 1 is 1.29 bits per heavy atom. The van der Waals surface area contributed by atoms with Crippen molar-refractivity contribution < 1.29 is 0 Å². The van der Waals surface area contributed by atoms with Gasteiger partial charge in [0, 0.05) is 32.1 Å². The second-order valence-corrected chi connectivity index (χ2v) is 5.12. The van der Waals surface area contributed by atoms with Crippen LogP contribution in [0, 0.1) is 23.2 Å². The third-order valence-corrected chi connectivity index (χ3v) is 3.98. The topological polar surface area (TPSA) is 39.1 Å². The third-order valence-electron chi connectivity index (χ3n) is 3.98. The van der Waals surface area contributed by atoms with Crippen molar-refractivity contribution in [2.24, 2.45) is 11.8 Å². The molecule has 1 aromatic carbocycles. The van der Waals surface area contributed by atoms with Crippen LogP contribution < -0.4 is 5.32 Å². The van der Waals surface area contributed by atoms with Crippen LogP contribution in [0.2, 0.25) is 0 Å². The molecule has 2 aliphatic heterocycles. The fourth-order valence-electron chi connectivity index (χ4n) is 3.12. The highest BCUT2D eigenvalue weighted by molar-refractivity contribution is 5.15. The number of likely N-dealkylation sites (tertiary alicyclic amines) is 1. The average Bonchev–Trinajstić information content (AvgIpc) is 2.89. The van der Waals surface area contributed by atoms with Crippen molar-refractivity contribution >= 4 is 0 Å². The lowest BCUT2D eigenvalue weighted by Crippen LogP contribution is -2.31. The lowest BCUT2D eigenvalue weighted by atomic mass is 9.95. The van der Waals surface area contributed by atoms with Crippen LogP contribution in [0.25, 0.3) is 0 Å². The molecule has 3 atom stereocenters. The van der Waals surface area contributed by atoms with Crippen LogP contribution in [-0.2, 0) is 6.54 Å². The first-order valence-corrected chi connectivity index (χ1v) is 6.26. The zero-order chi connectivity index (χ0) is 11.7. The molecule has 2 saturated heterocycles. The summed E-state index contributed by atoms with van der Waals surface area (Å²) in [7, 11) is 0. The molecule has 0 aliphatic carbocycles. The van der Waals surface area contributed by atoms with E-state index in [-0.39, 0.29) is 6.04 Å². The molecule has 88 valence electrons. The Hall–Kier alpha value is -1.37. The highest BCUT2D eigenvalue weighted by atomic mass is 15.2. The van der Waals surface area contributed by atoms with E-state index in [1.165, 1.54) is 5.56 Å². The number of nitriles is 1. The molecular formula is C14H17N3. The van der Waals surface area contributed by atoms with Crippen LogP contribution in [0.1, 0.15) is 5.56 Å². The van der Waals surface area contributed by atoms with Gasteiger partial charge in [-0.1, -0.05) is 30.3 Å². The molecule has 3 rings (SSSR count). The van der Waals surface area contributed by atoms with Crippen molar-refractivity contribution in [2.45, 2.75) is 12.6 Å². The highest BCUT2D eigenvalue weighted by Gasteiger charge is 2.42. The molecule has 0 bridgehead atoms. The molecule has 1 aromatic rings. The maximum absolute atomic E-state index is 9.06. The van der Waals surface area contributed by atoms with Gasteiger partial charge < -0.3 is 5.32 Å². The fraction of sp³-hybridized carbons (Fsp3) is 0.500. The lowest BCUT2D eigenvalue weighted by molar-refractivity contribution is 0.300. The molecular weight excluding hydrogens is 210 g/mol. The number of hydrogen-bond donors (Lipinski definition) is 1. The normalized spacial score (nSPS) is 32.3. The summed E-state index contributed by atoms with van der Waals surface area (Å²) in [6.07, 6.45) is 0. The van der Waals surface area contributed by atoms with Gasteiger partial charge in [0.1, 0.15) is 0 Å². The Morgan fingerprint density at radius 2 is 2.12 bits per heavy atom. The first kappa shape index (κ1) is 10.8. The largest absolute Gasteiger partial charge is 0.301 e. The zero-order valence-corrected chi connectivity index (χ0v) is 9.84. The van der Waals surface area contributed by atoms with Gasteiger partial charge in [0.05, 0.1) is 12.1 Å². The molecule has 0 spiro atoms. The quantitative estimate of drug-likeness (QED) is 0.826. The summed E-state index contributed by atoms with van der Waals surface area (Å²) >= 11 is 0. The van der Waals surface area contributed by atoms with Gasteiger partial charge in [0.15, 0.2) is 0 Å². The van der Waals surface area contributed by atoms with Crippen LogP contribution in [0.4, 0.5) is 0 Å². The summed E-state index contributed by atoms with van der Waals surface area (Å²) in [5, 5.41) is 12.4. The molecule has 3 heteroatoms. The van der Waals surface area contributed by atoms with E-state index in [2.05, 4.69) is 46.6 Å². The summed E-state index contributed by atoms with van der Waals surface area (Å²) in [5.41, 5.74) is 1.37. The number of rotatable bonds is 2. The van der Waals surface area contributed by atoms with Crippen molar-refractivity contribution in [3.05, 3.63) is 35.9 Å². The number of nitrogens with zero attached hydrogens (tertiary/aromatic N) is 2. The predicted octanol–water partition coefficient (Wildman–Crippen LogP) is 1.23. The maximum Gasteiger partial charge on any atom is 0.0997 e. The van der Waals surface area contributed by atoms with E-state index in [0.29, 0.717) is 11.8 Å². The summed E-state index contributed by atoms with van der Waals surface area (Å²) in [6.45, 7) is 4.22. The minimum Gasteiger partial charge on any atom is -0.301 e. The Labute approximate surface area is 102 Å². The van der Waals surface area contributed by atoms with Crippen LogP contribution >= 0.6 is 0 Å². The van der Waals surface area contributed by atoms with E-state index in [1.54, 1.807) is 0 Å². The Kier molecular flexibility index (Phi) is 2.84. The van der Waals surface area contributed by atoms with Gasteiger partial charge in [0.25, 0.3) is 0 Å². The lowest BCUT2D eigenvalue weighted by Gasteiger charge is -2.17. The van der Waals surface area contributed by atoms with E-state index < -0.39 is 0 Å². The van der Waals surface area contributed by atoms with E-state index in [0.717, 1.165) is 26.2 Å². The molecule has 1 N–H and O–H groups in total. The Morgan fingerprint density at radius 3 is 2.88 bits per heavy atom. The molecule has 0 aromatic heterocycles. The summed E-state index contributed by atoms with van der Waals surface area (Å²) < 4.78 is 0. The monoisotopic (exact) mass is 227 g/mol. The molecule has 3 nitrogen and oxygen atoms in total. The van der Waals surface area contributed by atoms with Gasteiger partial charge in [-0.25, -0.2) is 0 Å². The van der Waals surface area contributed by atoms with E-state index in [4.69, 9.17) is 5.26 Å².